The Morgan fingerprint density at radius 1 is 0.952 bits per heavy atom. The second-order valence-electron chi connectivity index (χ2n) is 9.76. The fraction of sp³-hybridized carbons (Fsp3) is 0.355. The molecule has 0 fully saturated rings. The van der Waals surface area contributed by atoms with Crippen LogP contribution in [0.1, 0.15) is 39.7 Å². The first-order valence-electron chi connectivity index (χ1n) is 13.7. The minimum Gasteiger partial charge on any atom is -0.497 e. The first-order chi connectivity index (χ1) is 20.0. The third-order valence-electron chi connectivity index (χ3n) is 6.77. The highest BCUT2D eigenvalue weighted by molar-refractivity contribution is 7.92. The number of ether oxygens (including phenoxy) is 2. The zero-order valence-corrected chi connectivity index (χ0v) is 26.1. The highest BCUT2D eigenvalue weighted by Crippen LogP contribution is 2.27. The van der Waals surface area contributed by atoms with Gasteiger partial charge < -0.3 is 19.7 Å². The number of benzene rings is 3. The van der Waals surface area contributed by atoms with E-state index in [4.69, 9.17) is 21.1 Å². The third-order valence-corrected chi connectivity index (χ3v) is 8.81. The lowest BCUT2D eigenvalue weighted by atomic mass is 10.1. The van der Waals surface area contributed by atoms with Gasteiger partial charge in [-0.1, -0.05) is 30.7 Å². The Labute approximate surface area is 253 Å². The molecule has 11 heteroatoms. The van der Waals surface area contributed by atoms with Crippen molar-refractivity contribution >= 4 is 39.1 Å². The molecular formula is C31H38ClN3O6S. The van der Waals surface area contributed by atoms with E-state index in [0.29, 0.717) is 29.5 Å². The van der Waals surface area contributed by atoms with Gasteiger partial charge in [-0.25, -0.2) is 8.42 Å². The van der Waals surface area contributed by atoms with Crippen LogP contribution in [-0.4, -0.2) is 57.5 Å². The summed E-state index contributed by atoms with van der Waals surface area (Å²) in [6.07, 6.45) is 0.715. The zero-order valence-electron chi connectivity index (χ0n) is 24.5. The summed E-state index contributed by atoms with van der Waals surface area (Å²) in [4.78, 5) is 28.6. The van der Waals surface area contributed by atoms with Crippen LogP contribution in [0.4, 0.5) is 5.69 Å². The molecule has 3 rings (SSSR count). The number of halogens is 1. The number of hydrogen-bond donors (Lipinski definition) is 1. The van der Waals surface area contributed by atoms with Crippen LogP contribution in [0.25, 0.3) is 0 Å². The lowest BCUT2D eigenvalue weighted by Gasteiger charge is -2.32. The molecule has 42 heavy (non-hydrogen) atoms. The number of rotatable bonds is 14. The minimum atomic E-state index is -4.21. The van der Waals surface area contributed by atoms with Crippen molar-refractivity contribution in [3.05, 3.63) is 83.4 Å². The number of carbonyl (C=O) groups excluding carboxylic acids is 2. The number of hydrogen-bond acceptors (Lipinski definition) is 6. The van der Waals surface area contributed by atoms with Crippen LogP contribution >= 0.6 is 11.6 Å². The lowest BCUT2D eigenvalue weighted by Crippen LogP contribution is -2.52. The molecule has 3 aromatic carbocycles. The second kappa shape index (κ2) is 14.9. The maximum atomic E-state index is 14.1. The first kappa shape index (κ1) is 32.8. The molecule has 2 atom stereocenters. The van der Waals surface area contributed by atoms with E-state index in [0.717, 1.165) is 9.87 Å². The van der Waals surface area contributed by atoms with Crippen molar-refractivity contribution in [3.8, 4) is 11.5 Å². The number of nitrogens with zero attached hydrogens (tertiary/aromatic N) is 2. The van der Waals surface area contributed by atoms with Crippen LogP contribution in [0.3, 0.4) is 0 Å². The normalized spacial score (nSPS) is 12.6. The number of methoxy groups -OCH3 is 1. The van der Waals surface area contributed by atoms with Crippen molar-refractivity contribution in [2.45, 2.75) is 57.6 Å². The van der Waals surface area contributed by atoms with Crippen molar-refractivity contribution in [2.24, 2.45) is 0 Å². The van der Waals surface area contributed by atoms with Gasteiger partial charge in [-0.05, 0) is 93.4 Å². The van der Waals surface area contributed by atoms with Crippen molar-refractivity contribution in [2.75, 3.05) is 24.6 Å². The summed E-state index contributed by atoms with van der Waals surface area (Å²) in [7, 11) is -2.67. The van der Waals surface area contributed by atoms with Gasteiger partial charge in [0.25, 0.3) is 10.0 Å². The summed E-state index contributed by atoms with van der Waals surface area (Å²) < 4.78 is 39.7. The van der Waals surface area contributed by atoms with E-state index in [2.05, 4.69) is 5.32 Å². The summed E-state index contributed by atoms with van der Waals surface area (Å²) >= 11 is 6.01. The largest absolute Gasteiger partial charge is 0.497 e. The summed E-state index contributed by atoms with van der Waals surface area (Å²) in [5.41, 5.74) is 0.985. The smallest absolute Gasteiger partial charge is 0.264 e. The van der Waals surface area contributed by atoms with Crippen LogP contribution in [0.2, 0.25) is 5.02 Å². The van der Waals surface area contributed by atoms with E-state index >= 15 is 0 Å². The molecule has 0 aromatic heterocycles. The van der Waals surface area contributed by atoms with Gasteiger partial charge >= 0.3 is 0 Å². The van der Waals surface area contributed by atoms with Gasteiger partial charge in [-0.2, -0.15) is 0 Å². The Kier molecular flexibility index (Phi) is 11.6. The number of anilines is 1. The molecule has 0 saturated carbocycles. The number of nitrogens with one attached hydrogen (secondary N) is 1. The lowest BCUT2D eigenvalue weighted by molar-refractivity contribution is -0.139. The standard InChI is InChI=1S/C31H38ClN3O6S/c1-6-22(3)33-31(37)23(4)34(20-24-9-8-10-28(19-24)40-5)30(36)21-35(26-13-15-27(16-14-26)41-7-2)42(38,39)29-17-11-25(32)12-18-29/h8-19,22-23H,6-7,20-21H2,1-5H3,(H,33,37)/t22-,23+/m0/s1. The second-order valence-corrected chi connectivity index (χ2v) is 12.1. The minimum absolute atomic E-state index is 0.0320. The fourth-order valence-corrected chi connectivity index (χ4v) is 5.69. The predicted molar refractivity (Wildman–Crippen MR) is 164 cm³/mol. The Morgan fingerprint density at radius 2 is 1.62 bits per heavy atom. The quantitative estimate of drug-likeness (QED) is 0.265. The average Bonchev–Trinajstić information content (AvgIpc) is 2.99. The van der Waals surface area contributed by atoms with E-state index < -0.39 is 28.5 Å². The molecular weight excluding hydrogens is 578 g/mol. The Balaban J connectivity index is 2.04. The van der Waals surface area contributed by atoms with Gasteiger partial charge in [0.15, 0.2) is 0 Å². The van der Waals surface area contributed by atoms with Crippen LogP contribution in [0.5, 0.6) is 11.5 Å². The van der Waals surface area contributed by atoms with E-state index in [9.17, 15) is 18.0 Å². The summed E-state index contributed by atoms with van der Waals surface area (Å²) in [5.74, 6) is 0.258. The zero-order chi connectivity index (χ0) is 30.9. The summed E-state index contributed by atoms with van der Waals surface area (Å²) in [6.45, 7) is 7.26. The van der Waals surface area contributed by atoms with E-state index in [-0.39, 0.29) is 29.1 Å². The molecule has 0 unspecified atom stereocenters. The number of sulfonamides is 1. The molecule has 0 bridgehead atoms. The van der Waals surface area contributed by atoms with Crippen molar-refractivity contribution in [1.29, 1.82) is 0 Å². The van der Waals surface area contributed by atoms with Crippen LogP contribution in [0.15, 0.2) is 77.7 Å². The molecule has 0 heterocycles. The highest BCUT2D eigenvalue weighted by atomic mass is 35.5. The van der Waals surface area contributed by atoms with Gasteiger partial charge in [0.05, 0.1) is 24.3 Å². The Bertz CT molecular complexity index is 1450. The van der Waals surface area contributed by atoms with Crippen molar-refractivity contribution in [3.63, 3.8) is 0 Å². The SMILES string of the molecule is CCOc1ccc(N(CC(=O)N(Cc2cccc(OC)c2)[C@H](C)C(=O)N[C@@H](C)CC)S(=O)(=O)c2ccc(Cl)cc2)cc1. The molecule has 1 N–H and O–H groups in total. The molecule has 0 spiro atoms. The van der Waals surface area contributed by atoms with Gasteiger partial charge in [-0.15, -0.1) is 0 Å². The molecule has 226 valence electrons. The monoisotopic (exact) mass is 615 g/mol. The van der Waals surface area contributed by atoms with Gasteiger partial charge in [0, 0.05) is 17.6 Å². The molecule has 9 nitrogen and oxygen atoms in total. The van der Waals surface area contributed by atoms with Gasteiger partial charge in [0.1, 0.15) is 24.1 Å². The topological polar surface area (TPSA) is 105 Å². The fourth-order valence-electron chi connectivity index (χ4n) is 4.15. The van der Waals surface area contributed by atoms with Crippen molar-refractivity contribution < 1.29 is 27.5 Å². The van der Waals surface area contributed by atoms with E-state index in [1.165, 1.54) is 29.2 Å². The molecule has 0 radical (unpaired) electrons. The Hall–Kier alpha value is -3.76. The van der Waals surface area contributed by atoms with Crippen LogP contribution in [-0.2, 0) is 26.2 Å². The van der Waals surface area contributed by atoms with Crippen molar-refractivity contribution in [1.82, 2.24) is 10.2 Å². The van der Waals surface area contributed by atoms with E-state index in [1.54, 1.807) is 56.5 Å². The molecule has 0 saturated heterocycles. The maximum absolute atomic E-state index is 14.1. The molecule has 0 aliphatic heterocycles. The maximum Gasteiger partial charge on any atom is 0.264 e. The molecule has 3 aromatic rings. The van der Waals surface area contributed by atoms with Crippen LogP contribution < -0.4 is 19.1 Å². The van der Waals surface area contributed by atoms with Crippen LogP contribution in [0, 0.1) is 0 Å². The van der Waals surface area contributed by atoms with Gasteiger partial charge in [0.2, 0.25) is 11.8 Å². The third kappa shape index (κ3) is 8.39. The molecule has 2 amide bonds. The molecule has 0 aliphatic carbocycles. The number of carbonyl (C=O) groups is 2. The first-order valence-corrected chi connectivity index (χ1v) is 15.6. The highest BCUT2D eigenvalue weighted by Gasteiger charge is 2.33. The summed E-state index contributed by atoms with van der Waals surface area (Å²) in [6, 6.07) is 18.3. The predicted octanol–water partition coefficient (Wildman–Crippen LogP) is 5.27. The number of amides is 2. The van der Waals surface area contributed by atoms with Gasteiger partial charge in [-0.3, -0.25) is 13.9 Å². The summed E-state index contributed by atoms with van der Waals surface area (Å²) in [5, 5.41) is 3.30. The molecule has 0 aliphatic rings. The van der Waals surface area contributed by atoms with E-state index in [1.807, 2.05) is 26.8 Å². The average molecular weight is 616 g/mol. The Morgan fingerprint density at radius 3 is 2.21 bits per heavy atom.